The lowest BCUT2D eigenvalue weighted by Gasteiger charge is -2.18. The lowest BCUT2D eigenvalue weighted by Crippen LogP contribution is -2.21. The maximum absolute atomic E-state index is 5.28. The molecule has 0 aliphatic heterocycles. The highest BCUT2D eigenvalue weighted by atomic mass is 16.5. The van der Waals surface area contributed by atoms with Crippen LogP contribution >= 0.6 is 0 Å². The highest BCUT2D eigenvalue weighted by Crippen LogP contribution is 2.21. The minimum atomic E-state index is 0.410. The van der Waals surface area contributed by atoms with Gasteiger partial charge in [0.15, 0.2) is 0 Å². The van der Waals surface area contributed by atoms with Gasteiger partial charge in [-0.05, 0) is 42.6 Å². The lowest BCUT2D eigenvalue weighted by molar-refractivity contribution is 0.414. The van der Waals surface area contributed by atoms with Gasteiger partial charge in [0.05, 0.1) is 7.11 Å². The third kappa shape index (κ3) is 4.10. The van der Waals surface area contributed by atoms with Gasteiger partial charge in [-0.2, -0.15) is 0 Å². The van der Waals surface area contributed by atoms with E-state index in [1.54, 1.807) is 7.11 Å². The summed E-state index contributed by atoms with van der Waals surface area (Å²) < 4.78 is 5.28. The molecule has 106 valence electrons. The van der Waals surface area contributed by atoms with Crippen LogP contribution in [0.25, 0.3) is 0 Å². The van der Waals surface area contributed by atoms with Gasteiger partial charge in [0.1, 0.15) is 5.75 Å². The molecule has 0 amide bonds. The van der Waals surface area contributed by atoms with Crippen LogP contribution in [-0.2, 0) is 6.42 Å². The van der Waals surface area contributed by atoms with E-state index in [1.165, 1.54) is 11.1 Å². The van der Waals surface area contributed by atoms with Gasteiger partial charge in [0, 0.05) is 6.04 Å². The van der Waals surface area contributed by atoms with Gasteiger partial charge in [-0.3, -0.25) is 0 Å². The molecule has 1 N–H and O–H groups in total. The quantitative estimate of drug-likeness (QED) is 0.821. The number of ether oxygens (including phenoxy) is 1. The first-order chi connectivity index (χ1) is 9.83. The highest BCUT2D eigenvalue weighted by Gasteiger charge is 2.09. The Kier molecular flexibility index (Phi) is 5.63. The minimum Gasteiger partial charge on any atom is -0.497 e. The molecule has 0 aliphatic carbocycles. The van der Waals surface area contributed by atoms with Crippen LogP contribution in [-0.4, -0.2) is 13.7 Å². The first kappa shape index (κ1) is 14.6. The number of hydrogen-bond acceptors (Lipinski definition) is 2. The van der Waals surface area contributed by atoms with Crippen molar-refractivity contribution in [2.24, 2.45) is 0 Å². The molecule has 0 aromatic heterocycles. The smallest absolute Gasteiger partial charge is 0.119 e. The second kappa shape index (κ2) is 7.71. The van der Waals surface area contributed by atoms with Crippen molar-refractivity contribution in [3.63, 3.8) is 0 Å². The van der Waals surface area contributed by atoms with Crippen LogP contribution in [0.2, 0.25) is 0 Å². The Labute approximate surface area is 121 Å². The lowest BCUT2D eigenvalue weighted by atomic mass is 9.99. The minimum absolute atomic E-state index is 0.410. The number of aryl methyl sites for hydroxylation is 1. The van der Waals surface area contributed by atoms with Crippen molar-refractivity contribution in [1.82, 2.24) is 5.32 Å². The zero-order chi connectivity index (χ0) is 14.2. The van der Waals surface area contributed by atoms with E-state index < -0.39 is 0 Å². The molecule has 0 saturated heterocycles. The summed E-state index contributed by atoms with van der Waals surface area (Å²) in [4.78, 5) is 0. The Bertz CT molecular complexity index is 510. The predicted octanol–water partition coefficient (Wildman–Crippen LogP) is 3.98. The van der Waals surface area contributed by atoms with Gasteiger partial charge >= 0.3 is 0 Å². The summed E-state index contributed by atoms with van der Waals surface area (Å²) in [6, 6.07) is 19.4. The molecule has 2 nitrogen and oxygen atoms in total. The molecule has 0 heterocycles. The molecule has 20 heavy (non-hydrogen) atoms. The van der Waals surface area contributed by atoms with Gasteiger partial charge in [-0.1, -0.05) is 49.4 Å². The number of nitrogens with one attached hydrogen (secondary N) is 1. The third-order valence-corrected chi connectivity index (χ3v) is 3.51. The van der Waals surface area contributed by atoms with Crippen LogP contribution in [0.1, 0.15) is 30.5 Å². The summed E-state index contributed by atoms with van der Waals surface area (Å²) in [5.74, 6) is 0.933. The molecular formula is C18H23NO. The van der Waals surface area contributed by atoms with Crippen molar-refractivity contribution in [3.05, 3.63) is 65.7 Å². The largest absolute Gasteiger partial charge is 0.497 e. The normalized spacial score (nSPS) is 12.1. The molecule has 0 bridgehead atoms. The maximum atomic E-state index is 5.28. The summed E-state index contributed by atoms with van der Waals surface area (Å²) in [5, 5.41) is 3.57. The fourth-order valence-electron chi connectivity index (χ4n) is 2.46. The molecule has 0 spiro atoms. The van der Waals surface area contributed by atoms with Crippen molar-refractivity contribution < 1.29 is 4.74 Å². The maximum Gasteiger partial charge on any atom is 0.119 e. The van der Waals surface area contributed by atoms with Crippen molar-refractivity contribution in [1.29, 1.82) is 0 Å². The zero-order valence-electron chi connectivity index (χ0n) is 12.3. The molecule has 2 aromatic rings. The number of rotatable bonds is 7. The Morgan fingerprint density at radius 3 is 2.55 bits per heavy atom. The molecule has 2 aromatic carbocycles. The summed E-state index contributed by atoms with van der Waals surface area (Å²) in [7, 11) is 1.71. The van der Waals surface area contributed by atoms with Crippen LogP contribution in [0.15, 0.2) is 54.6 Å². The predicted molar refractivity (Wildman–Crippen MR) is 84.2 cm³/mol. The highest BCUT2D eigenvalue weighted by molar-refractivity contribution is 5.29. The Balaban J connectivity index is 2.02. The molecule has 1 unspecified atom stereocenters. The Hall–Kier alpha value is -1.80. The van der Waals surface area contributed by atoms with E-state index in [0.717, 1.165) is 25.1 Å². The summed E-state index contributed by atoms with van der Waals surface area (Å²) in [6.45, 7) is 3.14. The summed E-state index contributed by atoms with van der Waals surface area (Å²) in [5.41, 5.74) is 2.68. The molecule has 0 aliphatic rings. The first-order valence-corrected chi connectivity index (χ1v) is 7.24. The fourth-order valence-corrected chi connectivity index (χ4v) is 2.46. The van der Waals surface area contributed by atoms with Crippen LogP contribution in [0.5, 0.6) is 5.75 Å². The molecule has 1 atom stereocenters. The van der Waals surface area contributed by atoms with Crippen LogP contribution in [0.3, 0.4) is 0 Å². The monoisotopic (exact) mass is 269 g/mol. The van der Waals surface area contributed by atoms with E-state index in [2.05, 4.69) is 60.8 Å². The standard InChI is InChI=1S/C18H23NO/c1-3-19-18(16-9-5-4-6-10-16)13-12-15-8-7-11-17(14-15)20-2/h4-11,14,18-19H,3,12-13H2,1-2H3. The molecule has 0 saturated carbocycles. The van der Waals surface area contributed by atoms with Crippen LogP contribution < -0.4 is 10.1 Å². The van der Waals surface area contributed by atoms with Crippen molar-refractivity contribution >= 4 is 0 Å². The number of hydrogen-bond donors (Lipinski definition) is 1. The second-order valence-corrected chi connectivity index (χ2v) is 4.91. The van der Waals surface area contributed by atoms with Gasteiger partial charge in [-0.25, -0.2) is 0 Å². The van der Waals surface area contributed by atoms with E-state index in [-0.39, 0.29) is 0 Å². The van der Waals surface area contributed by atoms with E-state index >= 15 is 0 Å². The fraction of sp³-hybridized carbons (Fsp3) is 0.333. The van der Waals surface area contributed by atoms with Gasteiger partial charge in [0.25, 0.3) is 0 Å². The summed E-state index contributed by atoms with van der Waals surface area (Å²) >= 11 is 0. The van der Waals surface area contributed by atoms with Gasteiger partial charge in [-0.15, -0.1) is 0 Å². The van der Waals surface area contributed by atoms with E-state index in [0.29, 0.717) is 6.04 Å². The Morgan fingerprint density at radius 1 is 1.05 bits per heavy atom. The van der Waals surface area contributed by atoms with E-state index in [9.17, 15) is 0 Å². The summed E-state index contributed by atoms with van der Waals surface area (Å²) in [6.07, 6.45) is 2.13. The van der Waals surface area contributed by atoms with Crippen LogP contribution in [0, 0.1) is 0 Å². The van der Waals surface area contributed by atoms with Crippen molar-refractivity contribution in [3.8, 4) is 5.75 Å². The SMILES string of the molecule is CCNC(CCc1cccc(OC)c1)c1ccccc1. The third-order valence-electron chi connectivity index (χ3n) is 3.51. The first-order valence-electron chi connectivity index (χ1n) is 7.24. The average molecular weight is 269 g/mol. The topological polar surface area (TPSA) is 21.3 Å². The second-order valence-electron chi connectivity index (χ2n) is 4.91. The van der Waals surface area contributed by atoms with Gasteiger partial charge in [0.2, 0.25) is 0 Å². The van der Waals surface area contributed by atoms with E-state index in [4.69, 9.17) is 4.74 Å². The van der Waals surface area contributed by atoms with Crippen molar-refractivity contribution in [2.75, 3.05) is 13.7 Å². The number of methoxy groups -OCH3 is 1. The molecule has 0 fully saturated rings. The van der Waals surface area contributed by atoms with Crippen LogP contribution in [0.4, 0.5) is 0 Å². The average Bonchev–Trinajstić information content (AvgIpc) is 2.52. The molecule has 0 radical (unpaired) electrons. The van der Waals surface area contributed by atoms with Crippen molar-refractivity contribution in [2.45, 2.75) is 25.8 Å². The molecule has 2 rings (SSSR count). The zero-order valence-corrected chi connectivity index (χ0v) is 12.3. The number of benzene rings is 2. The van der Waals surface area contributed by atoms with Gasteiger partial charge < -0.3 is 10.1 Å². The Morgan fingerprint density at radius 2 is 1.85 bits per heavy atom. The van der Waals surface area contributed by atoms with E-state index in [1.807, 2.05) is 6.07 Å². The molecule has 2 heteroatoms. The molecular weight excluding hydrogens is 246 g/mol.